The van der Waals surface area contributed by atoms with Gasteiger partial charge in [0, 0.05) is 24.8 Å². The van der Waals surface area contributed by atoms with Crippen LogP contribution in [-0.2, 0) is 19.7 Å². The number of carboxylic acid groups (broad SMARTS) is 1. The predicted molar refractivity (Wildman–Crippen MR) is 115 cm³/mol. The smallest absolute Gasteiger partial charge is 0.335 e. The minimum absolute atomic E-state index is 0.282. The topological polar surface area (TPSA) is 80.7 Å². The lowest BCUT2D eigenvalue weighted by Gasteiger charge is -2.14. The number of rotatable bonds is 10. The maximum atomic E-state index is 10.9. The molecule has 0 aliphatic heterocycles. The number of carboxylic acids is 1. The molecule has 156 valence electrons. The first kappa shape index (κ1) is 21.6. The minimum Gasteiger partial charge on any atom is -0.490 e. The summed E-state index contributed by atoms with van der Waals surface area (Å²) in [5.74, 6) is 0.428. The molecule has 7 heteroatoms. The van der Waals surface area contributed by atoms with Crippen molar-refractivity contribution in [3.05, 3.63) is 88.2 Å². The molecule has 2 N–H and O–H groups in total. The van der Waals surface area contributed by atoms with Crippen molar-refractivity contribution < 1.29 is 19.4 Å². The van der Waals surface area contributed by atoms with Crippen LogP contribution in [0.15, 0.2) is 60.8 Å². The van der Waals surface area contributed by atoms with E-state index in [1.807, 2.05) is 43.3 Å². The lowest BCUT2D eigenvalue weighted by molar-refractivity contribution is 0.0697. The molecule has 0 bridgehead atoms. The second kappa shape index (κ2) is 10.6. The first-order valence-electron chi connectivity index (χ1n) is 9.57. The summed E-state index contributed by atoms with van der Waals surface area (Å²) in [5.41, 5.74) is 3.27. The molecule has 1 heterocycles. The summed E-state index contributed by atoms with van der Waals surface area (Å²) < 4.78 is 11.6. The molecule has 0 atom stereocenters. The molecular formula is C23H23ClN2O4. The van der Waals surface area contributed by atoms with E-state index in [1.165, 1.54) is 0 Å². The molecule has 0 unspecified atom stereocenters. The highest BCUT2D eigenvalue weighted by atomic mass is 35.5. The second-order valence-corrected chi connectivity index (χ2v) is 6.98. The van der Waals surface area contributed by atoms with Crippen molar-refractivity contribution in [1.82, 2.24) is 10.3 Å². The van der Waals surface area contributed by atoms with E-state index < -0.39 is 5.97 Å². The second-order valence-electron chi connectivity index (χ2n) is 6.60. The van der Waals surface area contributed by atoms with Gasteiger partial charge in [-0.1, -0.05) is 35.9 Å². The molecule has 3 rings (SSSR count). The molecule has 0 saturated carbocycles. The van der Waals surface area contributed by atoms with Crippen LogP contribution in [0.5, 0.6) is 11.5 Å². The van der Waals surface area contributed by atoms with Gasteiger partial charge in [0.05, 0.1) is 12.2 Å². The molecule has 0 fully saturated rings. The summed E-state index contributed by atoms with van der Waals surface area (Å²) in [5, 5.41) is 12.8. The van der Waals surface area contributed by atoms with Crippen molar-refractivity contribution >= 4 is 17.6 Å². The van der Waals surface area contributed by atoms with E-state index in [4.69, 9.17) is 26.2 Å². The number of nitrogens with one attached hydrogen (secondary N) is 1. The van der Waals surface area contributed by atoms with Gasteiger partial charge < -0.3 is 19.9 Å². The van der Waals surface area contributed by atoms with E-state index in [0.29, 0.717) is 43.0 Å². The van der Waals surface area contributed by atoms with Gasteiger partial charge in [0.2, 0.25) is 0 Å². The molecule has 30 heavy (non-hydrogen) atoms. The van der Waals surface area contributed by atoms with E-state index in [0.717, 1.165) is 16.7 Å². The van der Waals surface area contributed by atoms with Crippen molar-refractivity contribution in [2.75, 3.05) is 6.61 Å². The molecule has 2 aromatic carbocycles. The van der Waals surface area contributed by atoms with Gasteiger partial charge in [-0.25, -0.2) is 9.78 Å². The van der Waals surface area contributed by atoms with Gasteiger partial charge in [0.1, 0.15) is 11.8 Å². The quantitative estimate of drug-likeness (QED) is 0.457. The number of halogens is 1. The zero-order valence-electron chi connectivity index (χ0n) is 16.6. The fraction of sp³-hybridized carbons (Fsp3) is 0.217. The highest BCUT2D eigenvalue weighted by molar-refractivity contribution is 6.29. The van der Waals surface area contributed by atoms with Crippen molar-refractivity contribution in [2.24, 2.45) is 0 Å². The molecule has 1 aromatic heterocycles. The Kier molecular flexibility index (Phi) is 7.65. The van der Waals surface area contributed by atoms with Gasteiger partial charge >= 0.3 is 5.97 Å². The maximum Gasteiger partial charge on any atom is 0.335 e. The third-order valence-corrected chi connectivity index (χ3v) is 4.57. The van der Waals surface area contributed by atoms with Crippen molar-refractivity contribution in [3.8, 4) is 11.5 Å². The Hall–Kier alpha value is -3.09. The molecule has 6 nitrogen and oxygen atoms in total. The highest BCUT2D eigenvalue weighted by Crippen LogP contribution is 2.29. The molecule has 0 radical (unpaired) electrons. The van der Waals surface area contributed by atoms with Gasteiger partial charge in [-0.15, -0.1) is 0 Å². The van der Waals surface area contributed by atoms with Crippen molar-refractivity contribution in [3.63, 3.8) is 0 Å². The van der Waals surface area contributed by atoms with Gasteiger partial charge in [-0.2, -0.15) is 0 Å². The third-order valence-electron chi connectivity index (χ3n) is 4.35. The first-order chi connectivity index (χ1) is 14.5. The lowest BCUT2D eigenvalue weighted by atomic mass is 10.1. The fourth-order valence-electron chi connectivity index (χ4n) is 2.82. The van der Waals surface area contributed by atoms with Crippen LogP contribution in [-0.4, -0.2) is 22.7 Å². The van der Waals surface area contributed by atoms with E-state index in [2.05, 4.69) is 10.3 Å². The molecule has 0 aliphatic carbocycles. The minimum atomic E-state index is -0.924. The maximum absolute atomic E-state index is 10.9. The molecule has 3 aromatic rings. The van der Waals surface area contributed by atoms with E-state index in [1.54, 1.807) is 24.4 Å². The number of pyridine rings is 1. The SMILES string of the molecule is CCOc1cc(CNCc2ccc(C(=O)O)cc2)ccc1OCc1ccc(Cl)nc1. The van der Waals surface area contributed by atoms with Crippen molar-refractivity contribution in [1.29, 1.82) is 0 Å². The zero-order valence-corrected chi connectivity index (χ0v) is 17.4. The van der Waals surface area contributed by atoms with Crippen LogP contribution in [0, 0.1) is 0 Å². The van der Waals surface area contributed by atoms with Crippen LogP contribution in [0.3, 0.4) is 0 Å². The number of nitrogens with zero attached hydrogens (tertiary/aromatic N) is 1. The third kappa shape index (κ3) is 6.20. The number of aromatic carboxylic acids is 1. The van der Waals surface area contributed by atoms with Crippen LogP contribution in [0.4, 0.5) is 0 Å². The van der Waals surface area contributed by atoms with Crippen LogP contribution in [0.2, 0.25) is 5.15 Å². The number of hydrogen-bond acceptors (Lipinski definition) is 5. The summed E-state index contributed by atoms with van der Waals surface area (Å²) in [4.78, 5) is 15.0. The zero-order chi connectivity index (χ0) is 21.3. The monoisotopic (exact) mass is 426 g/mol. The molecule has 0 spiro atoms. The Morgan fingerprint density at radius 3 is 2.33 bits per heavy atom. The largest absolute Gasteiger partial charge is 0.490 e. The van der Waals surface area contributed by atoms with Crippen LogP contribution < -0.4 is 14.8 Å². The summed E-state index contributed by atoms with van der Waals surface area (Å²) in [6.07, 6.45) is 1.68. The van der Waals surface area contributed by atoms with Crippen LogP contribution in [0.1, 0.15) is 34.0 Å². The summed E-state index contributed by atoms with van der Waals surface area (Å²) in [6.45, 7) is 4.10. The Bertz CT molecular complexity index is 975. The Morgan fingerprint density at radius 2 is 1.67 bits per heavy atom. The molecule has 0 saturated heterocycles. The van der Waals surface area contributed by atoms with E-state index in [-0.39, 0.29) is 5.56 Å². The number of carbonyl (C=O) groups is 1. The first-order valence-corrected chi connectivity index (χ1v) is 9.95. The Balaban J connectivity index is 1.58. The van der Waals surface area contributed by atoms with Crippen molar-refractivity contribution in [2.45, 2.75) is 26.6 Å². The summed E-state index contributed by atoms with van der Waals surface area (Å²) in [7, 11) is 0. The van der Waals surface area contributed by atoms with E-state index >= 15 is 0 Å². The van der Waals surface area contributed by atoms with Gasteiger partial charge in [-0.3, -0.25) is 0 Å². The predicted octanol–water partition coefficient (Wildman–Crippen LogP) is 4.70. The Labute approximate surface area is 180 Å². The van der Waals surface area contributed by atoms with Gasteiger partial charge in [0.25, 0.3) is 0 Å². The average Bonchev–Trinajstić information content (AvgIpc) is 2.75. The number of ether oxygens (including phenoxy) is 2. The van der Waals surface area contributed by atoms with Crippen LogP contribution >= 0.6 is 11.6 Å². The normalized spacial score (nSPS) is 10.6. The van der Waals surface area contributed by atoms with Crippen LogP contribution in [0.25, 0.3) is 0 Å². The summed E-state index contributed by atoms with van der Waals surface area (Å²) >= 11 is 5.81. The Morgan fingerprint density at radius 1 is 0.967 bits per heavy atom. The van der Waals surface area contributed by atoms with Gasteiger partial charge in [-0.05, 0) is 48.4 Å². The number of hydrogen-bond donors (Lipinski definition) is 2. The standard InChI is InChI=1S/C23H23ClN2O4/c1-2-29-21-11-17(13-25-12-16-3-7-19(8-4-16)23(27)28)5-9-20(21)30-15-18-6-10-22(24)26-14-18/h3-11,14,25H,2,12-13,15H2,1H3,(H,27,28). The number of benzene rings is 2. The molecule has 0 amide bonds. The van der Waals surface area contributed by atoms with Gasteiger partial charge in [0.15, 0.2) is 11.5 Å². The highest BCUT2D eigenvalue weighted by Gasteiger charge is 2.08. The molecule has 0 aliphatic rings. The lowest BCUT2D eigenvalue weighted by Crippen LogP contribution is -2.13. The molecular weight excluding hydrogens is 404 g/mol. The number of aromatic nitrogens is 1. The average molecular weight is 427 g/mol. The summed E-state index contributed by atoms with van der Waals surface area (Å²) in [6, 6.07) is 16.3. The van der Waals surface area contributed by atoms with E-state index in [9.17, 15) is 4.79 Å². The fourth-order valence-corrected chi connectivity index (χ4v) is 2.93.